The van der Waals surface area contributed by atoms with Gasteiger partial charge in [0.2, 0.25) is 5.91 Å². The van der Waals surface area contributed by atoms with Gasteiger partial charge in [0.05, 0.1) is 29.1 Å². The molecule has 1 N–H and O–H groups in total. The van der Waals surface area contributed by atoms with Gasteiger partial charge in [-0.3, -0.25) is 9.59 Å². The van der Waals surface area contributed by atoms with Gasteiger partial charge in [0.1, 0.15) is 16.6 Å². The molecule has 182 valence electrons. The predicted octanol–water partition coefficient (Wildman–Crippen LogP) is 5.47. The number of para-hydroxylation sites is 1. The van der Waals surface area contributed by atoms with Crippen molar-refractivity contribution in [1.29, 1.82) is 0 Å². The smallest absolute Gasteiger partial charge is 0.265 e. The Bertz CT molecular complexity index is 1300. The summed E-state index contributed by atoms with van der Waals surface area (Å²) < 4.78 is 7.41. The maximum absolute atomic E-state index is 13.8. The Labute approximate surface area is 208 Å². The fourth-order valence-electron chi connectivity index (χ4n) is 4.70. The monoisotopic (exact) mass is 490 g/mol. The summed E-state index contributed by atoms with van der Waals surface area (Å²) in [6, 6.07) is 15.0. The summed E-state index contributed by atoms with van der Waals surface area (Å²) in [5, 5.41) is 8.79. The van der Waals surface area contributed by atoms with Crippen molar-refractivity contribution in [3.8, 4) is 5.69 Å². The van der Waals surface area contributed by atoms with Crippen molar-refractivity contribution in [2.75, 3.05) is 0 Å². The number of carbonyl (C=O) groups excluding carboxylic acids is 2. The molecule has 35 heavy (non-hydrogen) atoms. The summed E-state index contributed by atoms with van der Waals surface area (Å²) in [5.41, 5.74) is 1.80. The lowest BCUT2D eigenvalue weighted by Gasteiger charge is -2.30. The van der Waals surface area contributed by atoms with E-state index in [1.54, 1.807) is 24.2 Å². The zero-order valence-electron chi connectivity index (χ0n) is 20.1. The van der Waals surface area contributed by atoms with Gasteiger partial charge in [-0.05, 0) is 57.0 Å². The summed E-state index contributed by atoms with van der Waals surface area (Å²) in [7, 11) is 0. The molecule has 7 nitrogen and oxygen atoms in total. The highest BCUT2D eigenvalue weighted by molar-refractivity contribution is 7.20. The van der Waals surface area contributed by atoms with E-state index in [1.165, 1.54) is 17.8 Å². The standard InChI is InChI=1S/C27H30N4O3S/c1-18-23-16-24(35-27(23)31(29-18)21-12-7-4-8-13-21)26(33)30(17-22-14-9-15-34-22)19(2)25(32)28-20-10-5-3-6-11-20/h4,7-9,12-16,19-20H,3,5-6,10-11,17H2,1-2H3,(H,28,32). The van der Waals surface area contributed by atoms with Gasteiger partial charge in [0.25, 0.3) is 5.91 Å². The number of aryl methyl sites for hydroxylation is 1. The highest BCUT2D eigenvalue weighted by Gasteiger charge is 2.31. The number of carbonyl (C=O) groups is 2. The average molecular weight is 491 g/mol. The molecule has 0 saturated heterocycles. The molecule has 1 unspecified atom stereocenters. The summed E-state index contributed by atoms with van der Waals surface area (Å²) in [4.78, 5) is 30.1. The van der Waals surface area contributed by atoms with Crippen molar-refractivity contribution in [2.24, 2.45) is 0 Å². The van der Waals surface area contributed by atoms with Gasteiger partial charge in [-0.2, -0.15) is 5.10 Å². The van der Waals surface area contributed by atoms with Crippen LogP contribution < -0.4 is 5.32 Å². The molecule has 1 aliphatic rings. The Morgan fingerprint density at radius 3 is 2.66 bits per heavy atom. The first kappa shape index (κ1) is 23.4. The van der Waals surface area contributed by atoms with E-state index in [9.17, 15) is 9.59 Å². The van der Waals surface area contributed by atoms with Crippen molar-refractivity contribution in [3.63, 3.8) is 0 Å². The minimum atomic E-state index is -0.633. The molecular weight excluding hydrogens is 460 g/mol. The highest BCUT2D eigenvalue weighted by Crippen LogP contribution is 2.32. The SMILES string of the molecule is Cc1nn(-c2ccccc2)c2sc(C(=O)N(Cc3ccco3)C(C)C(=O)NC3CCCCC3)cc12. The Morgan fingerprint density at radius 2 is 1.94 bits per heavy atom. The van der Waals surface area contributed by atoms with Crippen molar-refractivity contribution in [2.45, 2.75) is 64.6 Å². The minimum Gasteiger partial charge on any atom is -0.467 e. The molecular formula is C27H30N4O3S. The predicted molar refractivity (Wildman–Crippen MR) is 137 cm³/mol. The van der Waals surface area contributed by atoms with Gasteiger partial charge in [-0.15, -0.1) is 11.3 Å². The van der Waals surface area contributed by atoms with Crippen LogP contribution in [0.1, 0.15) is 60.2 Å². The Balaban J connectivity index is 1.44. The summed E-state index contributed by atoms with van der Waals surface area (Å²) >= 11 is 1.40. The number of aromatic nitrogens is 2. The molecule has 0 aliphatic heterocycles. The van der Waals surface area contributed by atoms with Gasteiger partial charge in [-0.1, -0.05) is 37.5 Å². The summed E-state index contributed by atoms with van der Waals surface area (Å²) in [6.45, 7) is 3.97. The number of benzene rings is 1. The first-order valence-corrected chi connectivity index (χ1v) is 13.0. The van der Waals surface area contributed by atoms with Crippen LogP contribution in [0.5, 0.6) is 0 Å². The zero-order chi connectivity index (χ0) is 24.4. The maximum Gasteiger partial charge on any atom is 0.265 e. The highest BCUT2D eigenvalue weighted by atomic mass is 32.1. The number of furan rings is 1. The van der Waals surface area contributed by atoms with E-state index in [4.69, 9.17) is 4.42 Å². The van der Waals surface area contributed by atoms with Crippen molar-refractivity contribution < 1.29 is 14.0 Å². The molecule has 1 aliphatic carbocycles. The van der Waals surface area contributed by atoms with E-state index in [0.717, 1.165) is 47.3 Å². The fraction of sp³-hybridized carbons (Fsp3) is 0.370. The molecule has 5 rings (SSSR count). The van der Waals surface area contributed by atoms with Gasteiger partial charge in [-0.25, -0.2) is 4.68 Å². The van der Waals surface area contributed by atoms with E-state index in [0.29, 0.717) is 10.6 Å². The number of hydrogen-bond donors (Lipinski definition) is 1. The minimum absolute atomic E-state index is 0.121. The average Bonchev–Trinajstić information content (AvgIpc) is 3.62. The van der Waals surface area contributed by atoms with Gasteiger partial charge < -0.3 is 14.6 Å². The number of rotatable bonds is 7. The largest absolute Gasteiger partial charge is 0.467 e. The lowest BCUT2D eigenvalue weighted by atomic mass is 9.95. The number of nitrogens with zero attached hydrogens (tertiary/aromatic N) is 3. The van der Waals surface area contributed by atoms with Crippen LogP contribution in [-0.4, -0.2) is 38.6 Å². The molecule has 4 aromatic rings. The van der Waals surface area contributed by atoms with Crippen LogP contribution in [0.25, 0.3) is 15.9 Å². The molecule has 2 amide bonds. The molecule has 1 aromatic carbocycles. The van der Waals surface area contributed by atoms with Crippen LogP contribution in [-0.2, 0) is 11.3 Å². The first-order valence-electron chi connectivity index (χ1n) is 12.2. The van der Waals surface area contributed by atoms with Crippen LogP contribution in [0.4, 0.5) is 0 Å². The molecule has 0 radical (unpaired) electrons. The number of nitrogens with one attached hydrogen (secondary N) is 1. The van der Waals surface area contributed by atoms with Gasteiger partial charge in [0, 0.05) is 11.4 Å². The quantitative estimate of drug-likeness (QED) is 0.373. The zero-order valence-corrected chi connectivity index (χ0v) is 20.9. The van der Waals surface area contributed by atoms with Crippen molar-refractivity contribution in [3.05, 3.63) is 71.1 Å². The lowest BCUT2D eigenvalue weighted by Crippen LogP contribution is -2.50. The second kappa shape index (κ2) is 10.1. The second-order valence-electron chi connectivity index (χ2n) is 9.19. The second-order valence-corrected chi connectivity index (χ2v) is 10.2. The molecule has 3 heterocycles. The number of thiophene rings is 1. The van der Waals surface area contributed by atoms with Crippen LogP contribution in [0, 0.1) is 6.92 Å². The molecule has 0 spiro atoms. The van der Waals surface area contributed by atoms with E-state index >= 15 is 0 Å². The third-order valence-electron chi connectivity index (χ3n) is 6.72. The Morgan fingerprint density at radius 1 is 1.17 bits per heavy atom. The molecule has 0 bridgehead atoms. The third kappa shape index (κ3) is 4.89. The normalized spacial score (nSPS) is 15.3. The maximum atomic E-state index is 13.8. The summed E-state index contributed by atoms with van der Waals surface area (Å²) in [5.74, 6) is 0.334. The molecule has 1 saturated carbocycles. The topological polar surface area (TPSA) is 80.4 Å². The number of amides is 2. The van der Waals surface area contributed by atoms with Crippen LogP contribution >= 0.6 is 11.3 Å². The van der Waals surface area contributed by atoms with Gasteiger partial charge >= 0.3 is 0 Å². The summed E-state index contributed by atoms with van der Waals surface area (Å²) in [6.07, 6.45) is 7.06. The number of hydrogen-bond acceptors (Lipinski definition) is 5. The Kier molecular flexibility index (Phi) is 6.72. The lowest BCUT2D eigenvalue weighted by molar-refractivity contribution is -0.126. The van der Waals surface area contributed by atoms with E-state index < -0.39 is 6.04 Å². The fourth-order valence-corrected chi connectivity index (χ4v) is 5.84. The molecule has 3 aromatic heterocycles. The Hall–Kier alpha value is -3.39. The van der Waals surface area contributed by atoms with E-state index in [-0.39, 0.29) is 24.4 Å². The van der Waals surface area contributed by atoms with E-state index in [1.807, 2.05) is 54.1 Å². The van der Waals surface area contributed by atoms with Gasteiger partial charge in [0.15, 0.2) is 0 Å². The van der Waals surface area contributed by atoms with E-state index in [2.05, 4.69) is 10.4 Å². The third-order valence-corrected chi connectivity index (χ3v) is 7.82. The van der Waals surface area contributed by atoms with Crippen LogP contribution in [0.2, 0.25) is 0 Å². The molecule has 1 fully saturated rings. The van der Waals surface area contributed by atoms with Crippen molar-refractivity contribution in [1.82, 2.24) is 20.0 Å². The number of fused-ring (bicyclic) bond motifs is 1. The first-order chi connectivity index (χ1) is 17.0. The van der Waals surface area contributed by atoms with Crippen LogP contribution in [0.3, 0.4) is 0 Å². The van der Waals surface area contributed by atoms with Crippen molar-refractivity contribution >= 4 is 33.4 Å². The van der Waals surface area contributed by atoms with Crippen LogP contribution in [0.15, 0.2) is 59.2 Å². The molecule has 8 heteroatoms. The molecule has 1 atom stereocenters.